The molecule has 0 aliphatic carbocycles. The zero-order chi connectivity index (χ0) is 92.4. The van der Waals surface area contributed by atoms with Gasteiger partial charge in [-0.3, -0.25) is 115 Å². The summed E-state index contributed by atoms with van der Waals surface area (Å²) in [6.07, 6.45) is -11.5. The van der Waals surface area contributed by atoms with Crippen LogP contribution in [0.15, 0.2) is 30.3 Å². The van der Waals surface area contributed by atoms with E-state index in [0.717, 1.165) is 0 Å². The van der Waals surface area contributed by atoms with E-state index in [4.69, 9.17) is 51.0 Å². The van der Waals surface area contributed by atoms with Crippen molar-refractivity contribution in [3.8, 4) is 0 Å². The van der Waals surface area contributed by atoms with Crippen LogP contribution in [0.4, 0.5) is 0 Å². The van der Waals surface area contributed by atoms with Crippen LogP contribution >= 0.6 is 0 Å². The summed E-state index contributed by atoms with van der Waals surface area (Å²) in [6, 6.07) is -18.7. The molecule has 0 fully saturated rings. The number of nitrogens with one attached hydrogen (secondary N) is 14. The quantitative estimate of drug-likeness (QED) is 0.0288. The first kappa shape index (κ1) is 105. The van der Waals surface area contributed by atoms with Gasteiger partial charge in [0.15, 0.2) is 0 Å². The number of hydrogen-bond donors (Lipinski definition) is 26. The third-order valence-corrected chi connectivity index (χ3v) is 17.9. The number of nitrogens with two attached hydrogens (primary N) is 8. The van der Waals surface area contributed by atoms with Crippen molar-refractivity contribution in [1.82, 2.24) is 74.4 Å². The third kappa shape index (κ3) is 40.9. The maximum absolute atomic E-state index is 14.8. The molecule has 0 saturated heterocycles. The molecule has 672 valence electrons. The van der Waals surface area contributed by atoms with Crippen molar-refractivity contribution in [2.24, 2.45) is 63.6 Å². The van der Waals surface area contributed by atoms with Crippen LogP contribution in [-0.2, 0) is 121 Å². The lowest BCUT2D eigenvalue weighted by Crippen LogP contribution is -2.62. The number of primary amides is 7. The van der Waals surface area contributed by atoms with Crippen molar-refractivity contribution < 1.29 is 135 Å². The van der Waals surface area contributed by atoms with Crippen LogP contribution < -0.4 is 120 Å². The second kappa shape index (κ2) is 53.0. The topological polar surface area (TPSA) is 867 Å². The average molecular weight is 1720 g/mol. The minimum absolute atomic E-state index is 0.0184. The number of carbonyl (C=O) groups is 24. The largest absolute Gasteiger partial charge is 0.481 e. The molecular formula is C71H110N22O28. The molecule has 0 aromatic heterocycles. The van der Waals surface area contributed by atoms with Gasteiger partial charge < -0.3 is 141 Å². The van der Waals surface area contributed by atoms with Crippen LogP contribution in [0.3, 0.4) is 0 Å². The molecule has 1 rings (SSSR count). The Bertz CT molecular complexity index is 3940. The number of carboxylic acids is 3. The summed E-state index contributed by atoms with van der Waals surface area (Å²) >= 11 is 0. The van der Waals surface area contributed by atoms with E-state index in [1.54, 1.807) is 19.9 Å². The second-order valence-corrected chi connectivity index (χ2v) is 28.6. The maximum Gasteiger partial charge on any atom is 0.322 e. The Labute approximate surface area is 691 Å². The van der Waals surface area contributed by atoms with Crippen LogP contribution in [0, 0.1) is 17.8 Å². The van der Waals surface area contributed by atoms with Gasteiger partial charge in [-0.2, -0.15) is 0 Å². The summed E-state index contributed by atoms with van der Waals surface area (Å²) in [4.78, 5) is 316. The fraction of sp³-hybridized carbons (Fsp3) is 0.577. The third-order valence-electron chi connectivity index (χ3n) is 17.9. The Morgan fingerprint density at radius 2 is 0.595 bits per heavy atom. The highest BCUT2D eigenvalue weighted by atomic mass is 16.4. The first-order valence-corrected chi connectivity index (χ1v) is 37.7. The molecule has 34 N–H and O–H groups in total. The van der Waals surface area contributed by atoms with Crippen molar-refractivity contribution in [2.45, 2.75) is 229 Å². The fourth-order valence-corrected chi connectivity index (χ4v) is 10.9. The van der Waals surface area contributed by atoms with Crippen LogP contribution in [-0.4, -0.2) is 260 Å². The van der Waals surface area contributed by atoms with E-state index in [9.17, 15) is 130 Å². The Kier molecular flexibility index (Phi) is 46.2. The number of rotatable bonds is 59. The minimum atomic E-state index is -2.16. The minimum Gasteiger partial charge on any atom is -0.481 e. The van der Waals surface area contributed by atoms with Gasteiger partial charge in [0, 0.05) is 38.5 Å². The molecule has 0 heterocycles. The zero-order valence-electron chi connectivity index (χ0n) is 67.1. The van der Waals surface area contributed by atoms with Crippen molar-refractivity contribution in [3.05, 3.63) is 35.9 Å². The zero-order valence-corrected chi connectivity index (χ0v) is 67.1. The molecule has 50 nitrogen and oxygen atoms in total. The van der Waals surface area contributed by atoms with Crippen molar-refractivity contribution in [3.63, 3.8) is 0 Å². The number of benzene rings is 1. The Morgan fingerprint density at radius 3 is 0.926 bits per heavy atom. The molecule has 1 aromatic rings. The van der Waals surface area contributed by atoms with Gasteiger partial charge in [-0.05, 0) is 55.4 Å². The van der Waals surface area contributed by atoms with Gasteiger partial charge in [0.2, 0.25) is 124 Å². The first-order chi connectivity index (χ1) is 56.4. The lowest BCUT2D eigenvalue weighted by atomic mass is 9.96. The molecule has 121 heavy (non-hydrogen) atoms. The lowest BCUT2D eigenvalue weighted by Gasteiger charge is -2.29. The summed E-state index contributed by atoms with van der Waals surface area (Å²) in [5.74, 6) is -33.0. The highest BCUT2D eigenvalue weighted by Gasteiger charge is 2.41. The number of hydrogen-bond acceptors (Lipinski definition) is 26. The van der Waals surface area contributed by atoms with Crippen LogP contribution in [0.1, 0.15) is 143 Å². The van der Waals surface area contributed by atoms with Gasteiger partial charge in [0.05, 0.1) is 38.3 Å². The SMILES string of the molecule is CC[C@H](C)[C@H](NC(=O)[C@H](CCC(N)=O)NC(=O)[C@H](Cc1ccccc1)NC(=O)[C@H](CCC(N)=O)NC(=O)[C@H](CCC(N)=O)NC(=O)[C@H](CC(N)=O)NC(=O)[C@H](CCC(N)=O)NC(=O)[C@@H](NC(=O)[C@H](CCC(=O)O)NC(=O)[C@@H](N)C(C)C)C(C)C)C(=O)N[C@@H](CC(N)=O)C(=O)N[C@@H](CO)C(=O)N[C@@H](CC(N)=O)C(=O)N[C@@H](CC(=O)O)C(=O)NCC(=O)O. The van der Waals surface area contributed by atoms with E-state index >= 15 is 0 Å². The van der Waals surface area contributed by atoms with Crippen LogP contribution in [0.5, 0.6) is 0 Å². The average Bonchev–Trinajstić information content (AvgIpc) is 0.880. The van der Waals surface area contributed by atoms with Gasteiger partial charge in [-0.15, -0.1) is 0 Å². The molecule has 0 radical (unpaired) electrons. The van der Waals surface area contributed by atoms with E-state index in [-0.39, 0.29) is 6.42 Å². The molecule has 15 atom stereocenters. The molecule has 0 unspecified atom stereocenters. The molecule has 0 aliphatic rings. The second-order valence-electron chi connectivity index (χ2n) is 28.6. The molecule has 0 aliphatic heterocycles. The molecule has 50 heteroatoms. The number of carbonyl (C=O) groups excluding carboxylic acids is 21. The monoisotopic (exact) mass is 1720 g/mol. The summed E-state index contributed by atoms with van der Waals surface area (Å²) < 4.78 is 0. The standard InChI is InChI=1S/C71H110N22O28/c1-7-32(6)57(71(121)90-42(26-51(78)101)67(117)91-44(29-94)68(118)88-41(25-50(77)100)66(116)89-43(27-53(104)105)58(108)80-28-54(106)107)93-63(113)37(16-21-48(75)98)83-64(114)39(23-33-11-9-8-10-12-33)86-60(110)35(14-19-46(73)96)81-59(109)34(13-18-45(72)95)82-65(115)40(24-49(76)99)87-61(111)36(15-20-47(74)97)85-70(120)56(31(4)5)92-62(112)38(17-22-52(102)103)84-69(119)55(79)30(2)3/h8-12,30-32,34-44,55-57,94H,7,13-29,79H2,1-6H3,(H2,72,95)(H2,73,96)(H2,74,97)(H2,75,98)(H2,76,99)(H2,77,100)(H2,78,101)(H,80,108)(H,81,109)(H,82,115)(H,83,114)(H,84,119)(H,85,120)(H,86,110)(H,87,111)(H,88,118)(H,89,116)(H,90,121)(H,91,117)(H,92,112)(H,93,113)(H,102,103)(H,104,105)(H,106,107)/t32-,34-,35-,36-,37-,38-,39-,40-,41-,42-,43-,44-,55-,56-,57-/m0/s1. The van der Waals surface area contributed by atoms with E-state index in [0.29, 0.717) is 5.56 Å². The Hall–Kier alpha value is -13.6. The molecule has 1 aromatic carbocycles. The van der Waals surface area contributed by atoms with Gasteiger partial charge in [-0.1, -0.05) is 78.3 Å². The van der Waals surface area contributed by atoms with E-state index in [1.807, 2.05) is 21.3 Å². The van der Waals surface area contributed by atoms with E-state index < -0.39 is 354 Å². The van der Waals surface area contributed by atoms with Gasteiger partial charge >= 0.3 is 17.9 Å². The first-order valence-electron chi connectivity index (χ1n) is 37.7. The molecule has 21 amide bonds. The summed E-state index contributed by atoms with van der Waals surface area (Å²) in [5.41, 5.74) is 44.2. The van der Waals surface area contributed by atoms with Crippen LogP contribution in [0.25, 0.3) is 0 Å². The van der Waals surface area contributed by atoms with E-state index in [2.05, 4.69) is 53.2 Å². The highest BCUT2D eigenvalue weighted by Crippen LogP contribution is 2.15. The van der Waals surface area contributed by atoms with Crippen molar-refractivity contribution in [1.29, 1.82) is 0 Å². The number of carboxylic acid groups (broad SMARTS) is 3. The van der Waals surface area contributed by atoms with Crippen molar-refractivity contribution in [2.75, 3.05) is 13.2 Å². The number of aliphatic carboxylic acids is 3. The van der Waals surface area contributed by atoms with Gasteiger partial charge in [0.25, 0.3) is 0 Å². The molecular weight excluding hydrogens is 1610 g/mol. The molecule has 0 spiro atoms. The van der Waals surface area contributed by atoms with Crippen LogP contribution in [0.2, 0.25) is 0 Å². The normalized spacial score (nSPS) is 14.7. The summed E-state index contributed by atoms with van der Waals surface area (Å²) in [5, 5.41) is 68.8. The fourth-order valence-electron chi connectivity index (χ4n) is 10.9. The smallest absolute Gasteiger partial charge is 0.322 e. The number of amides is 21. The molecule has 0 saturated carbocycles. The van der Waals surface area contributed by atoms with Gasteiger partial charge in [-0.25, -0.2) is 0 Å². The molecule has 0 bridgehead atoms. The van der Waals surface area contributed by atoms with Gasteiger partial charge in [0.1, 0.15) is 85.1 Å². The lowest BCUT2D eigenvalue weighted by molar-refractivity contribution is -0.142. The Balaban J connectivity index is 3.86. The highest BCUT2D eigenvalue weighted by molar-refractivity contribution is 6.03. The maximum atomic E-state index is 14.8. The summed E-state index contributed by atoms with van der Waals surface area (Å²) in [7, 11) is 0. The number of aliphatic hydroxyl groups is 1. The Morgan fingerprint density at radius 1 is 0.306 bits per heavy atom. The van der Waals surface area contributed by atoms with Crippen molar-refractivity contribution >= 4 is 142 Å². The van der Waals surface area contributed by atoms with E-state index in [1.165, 1.54) is 52.0 Å². The predicted octanol–water partition coefficient (Wildman–Crippen LogP) is -12.6. The predicted molar refractivity (Wildman–Crippen MR) is 414 cm³/mol. The number of aliphatic hydroxyl groups excluding tert-OH is 1. The summed E-state index contributed by atoms with van der Waals surface area (Å²) in [6.45, 7) is 6.61.